The quantitative estimate of drug-likeness (QED) is 0.529. The average Bonchev–Trinajstić information content (AvgIpc) is 3.28. The fourth-order valence-corrected chi connectivity index (χ4v) is 5.59. The number of aliphatic imine (C=N–C) groups is 1. The first-order chi connectivity index (χ1) is 16.9. The number of fused-ring (bicyclic) bond motifs is 1. The smallest absolute Gasteiger partial charge is 0.338 e. The van der Waals surface area contributed by atoms with Gasteiger partial charge in [-0.15, -0.1) is 0 Å². The van der Waals surface area contributed by atoms with Crippen LogP contribution in [-0.4, -0.2) is 86.3 Å². The molecule has 3 aliphatic rings. The van der Waals surface area contributed by atoms with E-state index >= 15 is 0 Å². The maximum atomic E-state index is 13.2. The number of benzene rings is 1. The zero-order valence-electron chi connectivity index (χ0n) is 20.9. The zero-order chi connectivity index (χ0) is 25.1. The Hall–Kier alpha value is -2.98. The van der Waals surface area contributed by atoms with Gasteiger partial charge in [-0.25, -0.2) is 9.79 Å². The molecule has 0 radical (unpaired) electrons. The van der Waals surface area contributed by atoms with Crippen molar-refractivity contribution in [2.24, 2.45) is 4.99 Å². The van der Waals surface area contributed by atoms with Gasteiger partial charge in [0, 0.05) is 37.4 Å². The van der Waals surface area contributed by atoms with Crippen LogP contribution < -0.4 is 9.47 Å². The first-order valence-corrected chi connectivity index (χ1v) is 12.5. The summed E-state index contributed by atoms with van der Waals surface area (Å²) >= 11 is 1.46. The van der Waals surface area contributed by atoms with E-state index in [2.05, 4.69) is 11.9 Å². The molecule has 0 bridgehead atoms. The Kier molecular flexibility index (Phi) is 7.71. The molecule has 3 heterocycles. The molecule has 0 spiro atoms. The third-order valence-corrected chi connectivity index (χ3v) is 7.43. The fourth-order valence-electron chi connectivity index (χ4n) is 4.66. The molecule has 1 aromatic rings. The summed E-state index contributed by atoms with van der Waals surface area (Å²) in [5.41, 5.74) is 2.63. The molecule has 0 aliphatic carbocycles. The number of carbonyl (C=O) groups excluding carboxylic acids is 2. The van der Waals surface area contributed by atoms with E-state index in [1.54, 1.807) is 14.2 Å². The standard InChI is InChI=1S/C25H32N4O5S/c1-6-18-21(24(31)34-5)22(17-8-7-9-19(32-3)23(17)33-4)29-16(15-35-25(29)26-18)14-20(30)28-12-10-27(2)11-13-28/h7-9,15,22H,6,10-14H2,1-5H3/t22-/m0/s1. The summed E-state index contributed by atoms with van der Waals surface area (Å²) < 4.78 is 16.5. The lowest BCUT2D eigenvalue weighted by Gasteiger charge is -2.38. The Morgan fingerprint density at radius 1 is 1.11 bits per heavy atom. The summed E-state index contributed by atoms with van der Waals surface area (Å²) in [6, 6.07) is 5.02. The Labute approximate surface area is 210 Å². The molecule has 1 atom stereocenters. The number of amides is 1. The maximum absolute atomic E-state index is 13.2. The van der Waals surface area contributed by atoms with Crippen LogP contribution in [0.5, 0.6) is 11.5 Å². The number of nitrogens with zero attached hydrogens (tertiary/aromatic N) is 4. The van der Waals surface area contributed by atoms with Gasteiger partial charge >= 0.3 is 5.97 Å². The summed E-state index contributed by atoms with van der Waals surface area (Å²) in [5.74, 6) is 0.690. The van der Waals surface area contributed by atoms with E-state index in [0.717, 1.165) is 29.5 Å². The molecule has 1 saturated heterocycles. The molecule has 188 valence electrons. The first-order valence-electron chi connectivity index (χ1n) is 11.7. The molecule has 0 unspecified atom stereocenters. The molecule has 0 N–H and O–H groups in total. The van der Waals surface area contributed by atoms with E-state index in [1.165, 1.54) is 18.9 Å². The van der Waals surface area contributed by atoms with Crippen molar-refractivity contribution >= 4 is 28.8 Å². The predicted molar refractivity (Wildman–Crippen MR) is 135 cm³/mol. The Morgan fingerprint density at radius 2 is 1.86 bits per heavy atom. The number of hydrogen-bond donors (Lipinski definition) is 0. The molecule has 3 aliphatic heterocycles. The molecule has 1 fully saturated rings. The van der Waals surface area contributed by atoms with Crippen molar-refractivity contribution in [1.29, 1.82) is 0 Å². The highest BCUT2D eigenvalue weighted by Crippen LogP contribution is 2.49. The van der Waals surface area contributed by atoms with Crippen molar-refractivity contribution in [3.8, 4) is 11.5 Å². The third-order valence-electron chi connectivity index (χ3n) is 6.55. The number of para-hydroxylation sites is 1. The number of piperazine rings is 1. The number of allylic oxidation sites excluding steroid dienone is 1. The van der Waals surface area contributed by atoms with Crippen LogP contribution in [0.3, 0.4) is 0 Å². The molecule has 0 aromatic heterocycles. The average molecular weight is 501 g/mol. The number of methoxy groups -OCH3 is 3. The van der Waals surface area contributed by atoms with Crippen LogP contribution in [0.25, 0.3) is 0 Å². The number of ether oxygens (including phenoxy) is 3. The monoisotopic (exact) mass is 500 g/mol. The largest absolute Gasteiger partial charge is 0.493 e. The molecule has 1 aromatic carbocycles. The van der Waals surface area contributed by atoms with E-state index in [-0.39, 0.29) is 12.3 Å². The van der Waals surface area contributed by atoms with E-state index in [4.69, 9.17) is 19.2 Å². The van der Waals surface area contributed by atoms with E-state index < -0.39 is 12.0 Å². The van der Waals surface area contributed by atoms with Crippen LogP contribution in [0, 0.1) is 0 Å². The molecule has 35 heavy (non-hydrogen) atoms. The number of amidine groups is 1. The second kappa shape index (κ2) is 10.7. The van der Waals surface area contributed by atoms with Gasteiger partial charge in [0.1, 0.15) is 0 Å². The summed E-state index contributed by atoms with van der Waals surface area (Å²) in [6.45, 7) is 5.08. The topological polar surface area (TPSA) is 83.9 Å². The minimum atomic E-state index is -0.573. The number of carbonyl (C=O) groups is 2. The molecule has 4 rings (SSSR count). The van der Waals surface area contributed by atoms with Crippen LogP contribution in [0.4, 0.5) is 0 Å². The van der Waals surface area contributed by atoms with Gasteiger partial charge in [-0.1, -0.05) is 30.8 Å². The van der Waals surface area contributed by atoms with Gasteiger partial charge < -0.3 is 28.9 Å². The molecular weight excluding hydrogens is 468 g/mol. The van der Waals surface area contributed by atoms with Crippen LogP contribution in [-0.2, 0) is 14.3 Å². The van der Waals surface area contributed by atoms with Gasteiger partial charge in [0.15, 0.2) is 16.7 Å². The minimum absolute atomic E-state index is 0.0624. The summed E-state index contributed by atoms with van der Waals surface area (Å²) in [6.07, 6.45) is 0.773. The normalized spacial score (nSPS) is 20.3. The highest BCUT2D eigenvalue weighted by Gasteiger charge is 2.43. The Balaban J connectivity index is 1.77. The highest BCUT2D eigenvalue weighted by molar-refractivity contribution is 8.16. The molecule has 1 amide bonds. The second-order valence-corrected chi connectivity index (χ2v) is 9.38. The van der Waals surface area contributed by atoms with Crippen molar-refractivity contribution in [3.63, 3.8) is 0 Å². The Bertz CT molecular complexity index is 1090. The maximum Gasteiger partial charge on any atom is 0.338 e. The predicted octanol–water partition coefficient (Wildman–Crippen LogP) is 3.01. The summed E-state index contributed by atoms with van der Waals surface area (Å²) in [4.78, 5) is 37.2. The SMILES string of the molecule is CCC1=C(C(=O)OC)[C@H](c2cccc(OC)c2OC)N2C(CC(=O)N3CCN(C)CC3)=CSC2=N1. The number of thioether (sulfide) groups is 1. The first kappa shape index (κ1) is 25.1. The second-order valence-electron chi connectivity index (χ2n) is 8.54. The molecule has 9 nitrogen and oxygen atoms in total. The van der Waals surface area contributed by atoms with Gasteiger partial charge in [-0.3, -0.25) is 4.79 Å². The van der Waals surface area contributed by atoms with Crippen LogP contribution in [0.15, 0.2) is 45.6 Å². The van der Waals surface area contributed by atoms with Crippen LogP contribution in [0.2, 0.25) is 0 Å². The van der Waals surface area contributed by atoms with E-state index in [9.17, 15) is 9.59 Å². The number of rotatable bonds is 7. The fraction of sp³-hybridized carbons (Fsp3) is 0.480. The minimum Gasteiger partial charge on any atom is -0.493 e. The van der Waals surface area contributed by atoms with Gasteiger partial charge in [0.05, 0.1) is 45.1 Å². The van der Waals surface area contributed by atoms with Crippen LogP contribution >= 0.6 is 11.8 Å². The van der Waals surface area contributed by atoms with Crippen LogP contribution in [0.1, 0.15) is 31.4 Å². The van der Waals surface area contributed by atoms with Gasteiger partial charge in [0.2, 0.25) is 5.91 Å². The number of likely N-dealkylation sites (N-methyl/N-ethyl adjacent to an activating group) is 1. The van der Waals surface area contributed by atoms with Gasteiger partial charge in [-0.05, 0) is 24.9 Å². The van der Waals surface area contributed by atoms with Crippen molar-refractivity contribution in [1.82, 2.24) is 14.7 Å². The van der Waals surface area contributed by atoms with Crippen molar-refractivity contribution in [3.05, 3.63) is 46.1 Å². The molecule has 0 saturated carbocycles. The third kappa shape index (κ3) is 4.77. The Morgan fingerprint density at radius 3 is 2.49 bits per heavy atom. The van der Waals surface area contributed by atoms with Crippen molar-refractivity contribution in [2.75, 3.05) is 54.6 Å². The molecule has 10 heteroatoms. The highest BCUT2D eigenvalue weighted by atomic mass is 32.2. The number of esters is 1. The van der Waals surface area contributed by atoms with Crippen molar-refractivity contribution < 1.29 is 23.8 Å². The lowest BCUT2D eigenvalue weighted by molar-refractivity contribution is -0.136. The lowest BCUT2D eigenvalue weighted by atomic mass is 9.92. The molecular formula is C25H32N4O5S. The van der Waals surface area contributed by atoms with Gasteiger partial charge in [-0.2, -0.15) is 0 Å². The lowest BCUT2D eigenvalue weighted by Crippen LogP contribution is -2.47. The summed E-state index contributed by atoms with van der Waals surface area (Å²) in [7, 11) is 6.59. The summed E-state index contributed by atoms with van der Waals surface area (Å²) in [5, 5.41) is 2.69. The van der Waals surface area contributed by atoms with E-state index in [1.807, 2.05) is 40.3 Å². The number of hydrogen-bond acceptors (Lipinski definition) is 9. The van der Waals surface area contributed by atoms with Crippen molar-refractivity contribution in [2.45, 2.75) is 25.8 Å². The zero-order valence-corrected chi connectivity index (χ0v) is 21.7. The van der Waals surface area contributed by atoms with E-state index in [0.29, 0.717) is 42.3 Å². The van der Waals surface area contributed by atoms with Gasteiger partial charge in [0.25, 0.3) is 0 Å².